The lowest BCUT2D eigenvalue weighted by molar-refractivity contribution is -0.240. The van der Waals surface area contributed by atoms with E-state index in [2.05, 4.69) is 5.32 Å². The zero-order valence-electron chi connectivity index (χ0n) is 7.21. The highest BCUT2D eigenvalue weighted by Gasteiger charge is 2.53. The Labute approximate surface area is 72.4 Å². The minimum Gasteiger partial charge on any atom is -0.375 e. The second kappa shape index (κ2) is 2.44. The van der Waals surface area contributed by atoms with Gasteiger partial charge in [-0.2, -0.15) is 0 Å². The van der Waals surface area contributed by atoms with Crippen LogP contribution in [0.15, 0.2) is 0 Å². The Hall–Kier alpha value is -0.120. The van der Waals surface area contributed by atoms with Crippen LogP contribution in [0, 0.1) is 5.92 Å². The van der Waals surface area contributed by atoms with E-state index in [1.165, 1.54) is 12.8 Å². The van der Waals surface area contributed by atoms with Gasteiger partial charge in [-0.3, -0.25) is 0 Å². The summed E-state index contributed by atoms with van der Waals surface area (Å²) in [5.74, 6) is 0.870. The summed E-state index contributed by atoms with van der Waals surface area (Å²) in [6.45, 7) is 3.48. The van der Waals surface area contributed by atoms with Crippen molar-refractivity contribution in [1.29, 1.82) is 0 Å². The molecule has 0 bridgehead atoms. The Morgan fingerprint density at radius 3 is 2.67 bits per heavy atom. The molecule has 2 aliphatic heterocycles. The molecule has 1 spiro atoms. The van der Waals surface area contributed by atoms with Crippen molar-refractivity contribution in [2.24, 2.45) is 5.92 Å². The molecule has 3 rings (SSSR count). The first-order valence-electron chi connectivity index (χ1n) is 4.86. The summed E-state index contributed by atoms with van der Waals surface area (Å²) in [7, 11) is 0. The average molecular weight is 169 g/mol. The van der Waals surface area contributed by atoms with Gasteiger partial charge in [-0.25, -0.2) is 0 Å². The van der Waals surface area contributed by atoms with Crippen molar-refractivity contribution in [1.82, 2.24) is 5.32 Å². The molecule has 3 heteroatoms. The Bertz CT molecular complexity index is 187. The van der Waals surface area contributed by atoms with Gasteiger partial charge in [0.05, 0.1) is 19.8 Å². The van der Waals surface area contributed by atoms with Crippen molar-refractivity contribution in [3.63, 3.8) is 0 Å². The third-order valence-electron chi connectivity index (χ3n) is 3.21. The molecule has 2 heterocycles. The molecule has 0 amide bonds. The smallest absolute Gasteiger partial charge is 0.130 e. The van der Waals surface area contributed by atoms with Crippen LogP contribution in [0.2, 0.25) is 0 Å². The summed E-state index contributed by atoms with van der Waals surface area (Å²) in [5.41, 5.74) is 0.0689. The van der Waals surface area contributed by atoms with Crippen molar-refractivity contribution in [3.8, 4) is 0 Å². The lowest BCUT2D eigenvalue weighted by atomic mass is 9.87. The predicted octanol–water partition coefficient (Wildman–Crippen LogP) is 0.154. The first-order chi connectivity index (χ1) is 5.91. The van der Waals surface area contributed by atoms with E-state index in [-0.39, 0.29) is 5.60 Å². The van der Waals surface area contributed by atoms with Gasteiger partial charge in [0.25, 0.3) is 0 Å². The summed E-state index contributed by atoms with van der Waals surface area (Å²) in [4.78, 5) is 0. The molecule has 3 fully saturated rings. The van der Waals surface area contributed by atoms with Crippen LogP contribution in [0.1, 0.15) is 12.8 Å². The zero-order chi connectivity index (χ0) is 8.02. The van der Waals surface area contributed by atoms with E-state index in [4.69, 9.17) is 9.47 Å². The van der Waals surface area contributed by atoms with Gasteiger partial charge < -0.3 is 14.8 Å². The van der Waals surface area contributed by atoms with E-state index in [0.717, 1.165) is 32.3 Å². The van der Waals surface area contributed by atoms with Crippen molar-refractivity contribution in [2.45, 2.75) is 24.5 Å². The molecule has 3 nitrogen and oxygen atoms in total. The Balaban J connectivity index is 1.77. The topological polar surface area (TPSA) is 30.5 Å². The predicted molar refractivity (Wildman–Crippen MR) is 44.0 cm³/mol. The minimum atomic E-state index is 0.0689. The van der Waals surface area contributed by atoms with Crippen LogP contribution >= 0.6 is 0 Å². The highest BCUT2D eigenvalue weighted by molar-refractivity contribution is 5.06. The first kappa shape index (κ1) is 7.30. The van der Waals surface area contributed by atoms with Crippen LogP contribution < -0.4 is 5.32 Å². The molecule has 1 saturated carbocycles. The van der Waals surface area contributed by atoms with E-state index in [1.807, 2.05) is 0 Å². The quantitative estimate of drug-likeness (QED) is 0.606. The van der Waals surface area contributed by atoms with Gasteiger partial charge in [-0.1, -0.05) is 0 Å². The summed E-state index contributed by atoms with van der Waals surface area (Å²) in [6, 6.07) is 0.583. The van der Waals surface area contributed by atoms with Gasteiger partial charge in [-0.05, 0) is 18.8 Å². The SMILES string of the molecule is C1COC2(COC2)C(C2CC2)N1. The molecule has 0 aromatic carbocycles. The molecular weight excluding hydrogens is 154 g/mol. The van der Waals surface area contributed by atoms with Crippen molar-refractivity contribution < 1.29 is 9.47 Å². The zero-order valence-corrected chi connectivity index (χ0v) is 7.21. The van der Waals surface area contributed by atoms with E-state index >= 15 is 0 Å². The second-order valence-corrected chi connectivity index (χ2v) is 4.18. The molecule has 12 heavy (non-hydrogen) atoms. The minimum absolute atomic E-state index is 0.0689. The maximum atomic E-state index is 5.83. The van der Waals surface area contributed by atoms with Crippen LogP contribution in [0.25, 0.3) is 0 Å². The molecule has 1 atom stereocenters. The molecule has 1 unspecified atom stereocenters. The van der Waals surface area contributed by atoms with E-state index in [1.54, 1.807) is 0 Å². The number of nitrogens with one attached hydrogen (secondary N) is 1. The molecule has 0 radical (unpaired) electrons. The van der Waals surface area contributed by atoms with Crippen molar-refractivity contribution in [3.05, 3.63) is 0 Å². The number of hydrogen-bond donors (Lipinski definition) is 1. The highest BCUT2D eigenvalue weighted by Crippen LogP contribution is 2.42. The number of rotatable bonds is 1. The van der Waals surface area contributed by atoms with Crippen molar-refractivity contribution in [2.75, 3.05) is 26.4 Å². The molecular formula is C9H15NO2. The molecule has 1 N–H and O–H groups in total. The van der Waals surface area contributed by atoms with Gasteiger partial charge in [0.1, 0.15) is 5.60 Å². The van der Waals surface area contributed by atoms with E-state index in [9.17, 15) is 0 Å². The highest BCUT2D eigenvalue weighted by atomic mass is 16.6. The van der Waals surface area contributed by atoms with Crippen LogP contribution in [0.4, 0.5) is 0 Å². The summed E-state index contributed by atoms with van der Waals surface area (Å²) >= 11 is 0. The lowest BCUT2D eigenvalue weighted by Gasteiger charge is -2.50. The fourth-order valence-corrected chi connectivity index (χ4v) is 2.34. The summed E-state index contributed by atoms with van der Waals surface area (Å²) in [5, 5.41) is 3.57. The monoisotopic (exact) mass is 169 g/mol. The van der Waals surface area contributed by atoms with Crippen LogP contribution in [0.5, 0.6) is 0 Å². The maximum absolute atomic E-state index is 5.83. The lowest BCUT2D eigenvalue weighted by Crippen LogP contribution is -2.68. The molecule has 68 valence electrons. The third-order valence-corrected chi connectivity index (χ3v) is 3.21. The fourth-order valence-electron chi connectivity index (χ4n) is 2.34. The van der Waals surface area contributed by atoms with Gasteiger partial charge >= 0.3 is 0 Å². The van der Waals surface area contributed by atoms with Crippen LogP contribution in [-0.4, -0.2) is 38.0 Å². The van der Waals surface area contributed by atoms with Gasteiger partial charge in [0.15, 0.2) is 0 Å². The number of morpholine rings is 1. The van der Waals surface area contributed by atoms with Crippen LogP contribution in [0.3, 0.4) is 0 Å². The molecule has 0 aromatic heterocycles. The van der Waals surface area contributed by atoms with E-state index < -0.39 is 0 Å². The Morgan fingerprint density at radius 2 is 2.08 bits per heavy atom. The molecule has 1 aliphatic carbocycles. The number of ether oxygens (including phenoxy) is 2. The Kier molecular flexibility index (Phi) is 1.48. The fraction of sp³-hybridized carbons (Fsp3) is 1.00. The van der Waals surface area contributed by atoms with Crippen molar-refractivity contribution >= 4 is 0 Å². The molecule has 3 aliphatic rings. The average Bonchev–Trinajstić information content (AvgIpc) is 2.84. The Morgan fingerprint density at radius 1 is 1.25 bits per heavy atom. The number of hydrogen-bond acceptors (Lipinski definition) is 3. The largest absolute Gasteiger partial charge is 0.375 e. The standard InChI is InChI=1S/C9H15NO2/c1-2-7(1)8-9(5-11-6-9)12-4-3-10-8/h7-8,10H,1-6H2. The normalized spacial score (nSPS) is 39.5. The van der Waals surface area contributed by atoms with Gasteiger partial charge in [0, 0.05) is 12.6 Å². The second-order valence-electron chi connectivity index (χ2n) is 4.18. The van der Waals surface area contributed by atoms with Gasteiger partial charge in [0.2, 0.25) is 0 Å². The van der Waals surface area contributed by atoms with E-state index in [0.29, 0.717) is 6.04 Å². The summed E-state index contributed by atoms with van der Waals surface area (Å²) in [6.07, 6.45) is 2.76. The summed E-state index contributed by atoms with van der Waals surface area (Å²) < 4.78 is 11.1. The maximum Gasteiger partial charge on any atom is 0.130 e. The molecule has 2 saturated heterocycles. The molecule has 0 aromatic rings. The van der Waals surface area contributed by atoms with Crippen LogP contribution in [-0.2, 0) is 9.47 Å². The third kappa shape index (κ3) is 0.934. The van der Waals surface area contributed by atoms with Gasteiger partial charge in [-0.15, -0.1) is 0 Å². The first-order valence-corrected chi connectivity index (χ1v) is 4.86.